The molecule has 0 aromatic heterocycles. The van der Waals surface area contributed by atoms with Gasteiger partial charge in [-0.1, -0.05) is 194 Å². The predicted molar refractivity (Wildman–Crippen MR) is 204 cm³/mol. The monoisotopic (exact) mass is 682 g/mol. The molecule has 2 atom stereocenters. The second-order valence-electron chi connectivity index (χ2n) is 14.7. The number of hydrogen-bond acceptors (Lipinski definition) is 5. The zero-order valence-corrected chi connectivity index (χ0v) is 32.2. The van der Waals surface area contributed by atoms with Crippen molar-refractivity contribution in [2.24, 2.45) is 0 Å². The van der Waals surface area contributed by atoms with Gasteiger partial charge in [-0.2, -0.15) is 0 Å². The number of ether oxygens (including phenoxy) is 1. The first-order chi connectivity index (χ1) is 23.5. The number of aliphatic hydroxyl groups excluding tert-OH is 2. The van der Waals surface area contributed by atoms with Gasteiger partial charge in [0.2, 0.25) is 5.91 Å². The molecule has 48 heavy (non-hydrogen) atoms. The van der Waals surface area contributed by atoms with Crippen molar-refractivity contribution in [2.45, 2.75) is 244 Å². The molecule has 0 heterocycles. The molecule has 286 valence electrons. The van der Waals surface area contributed by atoms with E-state index in [1.165, 1.54) is 141 Å². The van der Waals surface area contributed by atoms with Crippen molar-refractivity contribution in [3.05, 3.63) is 0 Å². The van der Waals surface area contributed by atoms with E-state index in [1.807, 2.05) is 0 Å². The van der Waals surface area contributed by atoms with E-state index < -0.39 is 12.1 Å². The molecule has 0 aromatic carbocycles. The minimum atomic E-state index is -0.677. The molecule has 0 radical (unpaired) electrons. The van der Waals surface area contributed by atoms with E-state index in [1.54, 1.807) is 0 Å². The van der Waals surface area contributed by atoms with Gasteiger partial charge in [0, 0.05) is 12.8 Å². The van der Waals surface area contributed by atoms with Gasteiger partial charge in [-0.15, -0.1) is 0 Å². The van der Waals surface area contributed by atoms with Crippen LogP contribution in [0.5, 0.6) is 0 Å². The maximum absolute atomic E-state index is 12.3. The van der Waals surface area contributed by atoms with Crippen LogP contribution < -0.4 is 5.32 Å². The van der Waals surface area contributed by atoms with Gasteiger partial charge in [-0.3, -0.25) is 9.59 Å². The lowest BCUT2D eigenvalue weighted by molar-refractivity contribution is -0.143. The summed E-state index contributed by atoms with van der Waals surface area (Å²) in [6.07, 6.45) is 39.1. The molecule has 3 N–H and O–H groups in total. The SMILES string of the molecule is CCCCCCCCCCCCCCC(=O)OCCCCCCCCCCCC(=O)NC(CO)C(O)CCCCCCCCCCCC. The Morgan fingerprint density at radius 1 is 0.500 bits per heavy atom. The summed E-state index contributed by atoms with van der Waals surface area (Å²) in [4.78, 5) is 24.3. The Balaban J connectivity index is 3.48. The van der Waals surface area contributed by atoms with E-state index in [0.29, 0.717) is 25.9 Å². The number of carbonyl (C=O) groups is 2. The average Bonchev–Trinajstić information content (AvgIpc) is 3.08. The Labute approximate surface area is 298 Å². The second kappa shape index (κ2) is 38.7. The smallest absolute Gasteiger partial charge is 0.305 e. The molecule has 0 fully saturated rings. The van der Waals surface area contributed by atoms with E-state index in [2.05, 4.69) is 19.2 Å². The molecule has 0 aliphatic rings. The van der Waals surface area contributed by atoms with Gasteiger partial charge in [-0.25, -0.2) is 0 Å². The van der Waals surface area contributed by atoms with Gasteiger partial charge in [0.05, 0.1) is 25.4 Å². The lowest BCUT2D eigenvalue weighted by Crippen LogP contribution is -2.45. The normalized spacial score (nSPS) is 12.7. The highest BCUT2D eigenvalue weighted by molar-refractivity contribution is 5.76. The third-order valence-corrected chi connectivity index (χ3v) is 9.91. The molecule has 0 bridgehead atoms. The van der Waals surface area contributed by atoms with Crippen LogP contribution in [0.15, 0.2) is 0 Å². The molecular formula is C42H83NO5. The lowest BCUT2D eigenvalue weighted by Gasteiger charge is -2.22. The van der Waals surface area contributed by atoms with Gasteiger partial charge in [0.15, 0.2) is 0 Å². The number of esters is 1. The van der Waals surface area contributed by atoms with Crippen LogP contribution in [0, 0.1) is 0 Å². The summed E-state index contributed by atoms with van der Waals surface area (Å²) in [6, 6.07) is -0.557. The average molecular weight is 682 g/mol. The molecule has 0 rings (SSSR count). The molecule has 0 aliphatic heterocycles. The van der Waals surface area contributed by atoms with Crippen LogP contribution in [0.25, 0.3) is 0 Å². The molecular weight excluding hydrogens is 598 g/mol. The summed E-state index contributed by atoms with van der Waals surface area (Å²) in [7, 11) is 0. The predicted octanol–water partition coefficient (Wildman–Crippen LogP) is 11.7. The van der Waals surface area contributed by atoms with Gasteiger partial charge >= 0.3 is 5.97 Å². The van der Waals surface area contributed by atoms with E-state index in [4.69, 9.17) is 4.74 Å². The summed E-state index contributed by atoms with van der Waals surface area (Å²) in [5.41, 5.74) is 0. The fourth-order valence-electron chi connectivity index (χ4n) is 6.58. The van der Waals surface area contributed by atoms with Gasteiger partial charge in [-0.05, 0) is 25.7 Å². The quantitative estimate of drug-likeness (QED) is 0.0443. The number of rotatable bonds is 39. The number of nitrogens with one attached hydrogen (secondary N) is 1. The first-order valence-electron chi connectivity index (χ1n) is 21.3. The van der Waals surface area contributed by atoms with E-state index in [-0.39, 0.29) is 18.5 Å². The number of aliphatic hydroxyl groups is 2. The Morgan fingerprint density at radius 2 is 0.854 bits per heavy atom. The van der Waals surface area contributed by atoms with Gasteiger partial charge < -0.3 is 20.3 Å². The molecule has 2 unspecified atom stereocenters. The number of unbranched alkanes of at least 4 members (excludes halogenated alkanes) is 28. The van der Waals surface area contributed by atoms with Crippen molar-refractivity contribution in [3.63, 3.8) is 0 Å². The third kappa shape index (κ3) is 34.7. The zero-order valence-electron chi connectivity index (χ0n) is 32.2. The highest BCUT2D eigenvalue weighted by atomic mass is 16.5. The Kier molecular flexibility index (Phi) is 37.7. The van der Waals surface area contributed by atoms with E-state index in [9.17, 15) is 19.8 Å². The molecule has 0 spiro atoms. The summed E-state index contributed by atoms with van der Waals surface area (Å²) in [5, 5.41) is 23.0. The minimum Gasteiger partial charge on any atom is -0.466 e. The largest absolute Gasteiger partial charge is 0.466 e. The highest BCUT2D eigenvalue weighted by Crippen LogP contribution is 2.15. The second-order valence-corrected chi connectivity index (χ2v) is 14.7. The summed E-state index contributed by atoms with van der Waals surface area (Å²) < 4.78 is 5.42. The maximum Gasteiger partial charge on any atom is 0.305 e. The third-order valence-electron chi connectivity index (χ3n) is 9.91. The van der Waals surface area contributed by atoms with Crippen molar-refractivity contribution in [3.8, 4) is 0 Å². The summed E-state index contributed by atoms with van der Waals surface area (Å²) in [5.74, 6) is -0.0888. The molecule has 1 amide bonds. The Bertz CT molecular complexity index is 672. The van der Waals surface area contributed by atoms with Crippen LogP contribution in [0.3, 0.4) is 0 Å². The first kappa shape index (κ1) is 46.9. The zero-order chi connectivity index (χ0) is 35.2. The molecule has 6 heteroatoms. The van der Waals surface area contributed by atoms with Crippen molar-refractivity contribution >= 4 is 11.9 Å². The molecule has 0 aliphatic carbocycles. The lowest BCUT2D eigenvalue weighted by atomic mass is 10.0. The Morgan fingerprint density at radius 3 is 1.27 bits per heavy atom. The number of hydrogen-bond donors (Lipinski definition) is 3. The van der Waals surface area contributed by atoms with Gasteiger partial charge in [0.1, 0.15) is 0 Å². The summed E-state index contributed by atoms with van der Waals surface area (Å²) >= 11 is 0. The van der Waals surface area contributed by atoms with Gasteiger partial charge in [0.25, 0.3) is 0 Å². The van der Waals surface area contributed by atoms with E-state index >= 15 is 0 Å². The van der Waals surface area contributed by atoms with Crippen LogP contribution in [0.2, 0.25) is 0 Å². The molecule has 0 saturated carbocycles. The molecule has 0 saturated heterocycles. The van der Waals surface area contributed by atoms with Crippen LogP contribution in [-0.2, 0) is 14.3 Å². The van der Waals surface area contributed by atoms with Crippen LogP contribution in [0.4, 0.5) is 0 Å². The highest BCUT2D eigenvalue weighted by Gasteiger charge is 2.20. The minimum absolute atomic E-state index is 0.0248. The maximum atomic E-state index is 12.3. The molecule has 0 aromatic rings. The molecule has 6 nitrogen and oxygen atoms in total. The van der Waals surface area contributed by atoms with Crippen LogP contribution in [0.1, 0.15) is 232 Å². The number of carbonyl (C=O) groups excluding carboxylic acids is 2. The fourth-order valence-corrected chi connectivity index (χ4v) is 6.58. The van der Waals surface area contributed by atoms with Crippen molar-refractivity contribution in [2.75, 3.05) is 13.2 Å². The number of amides is 1. The topological polar surface area (TPSA) is 95.9 Å². The summed E-state index contributed by atoms with van der Waals surface area (Å²) in [6.45, 7) is 4.86. The fraction of sp³-hybridized carbons (Fsp3) is 0.952. The van der Waals surface area contributed by atoms with Crippen LogP contribution in [-0.4, -0.2) is 47.4 Å². The van der Waals surface area contributed by atoms with Crippen LogP contribution >= 0.6 is 0 Å². The van der Waals surface area contributed by atoms with Crippen molar-refractivity contribution in [1.82, 2.24) is 5.32 Å². The Hall–Kier alpha value is -1.14. The standard InChI is InChI=1S/C42H83NO5/c1-3-5-7-9-11-13-15-16-20-24-28-32-36-42(47)48-37-33-29-25-21-17-19-23-27-31-35-41(46)43-39(38-44)40(45)34-30-26-22-18-14-12-10-8-6-4-2/h39-40,44-45H,3-38H2,1-2H3,(H,43,46). The van der Waals surface area contributed by atoms with Crippen molar-refractivity contribution < 1.29 is 24.5 Å². The van der Waals surface area contributed by atoms with E-state index in [0.717, 1.165) is 57.8 Å². The first-order valence-corrected chi connectivity index (χ1v) is 21.3. The van der Waals surface area contributed by atoms with Crippen molar-refractivity contribution in [1.29, 1.82) is 0 Å².